The van der Waals surface area contributed by atoms with Gasteiger partial charge in [-0.15, -0.1) is 0 Å². The Labute approximate surface area is 131 Å². The van der Waals surface area contributed by atoms with Gasteiger partial charge in [-0.3, -0.25) is 0 Å². The maximum Gasteiger partial charge on any atom is 0.409 e. The Kier molecular flexibility index (Phi) is 6.45. The first-order chi connectivity index (χ1) is 10.3. The van der Waals surface area contributed by atoms with Crippen molar-refractivity contribution in [1.82, 2.24) is 0 Å². The Hall–Kier alpha value is -1.99. The van der Waals surface area contributed by atoms with E-state index in [9.17, 15) is 4.79 Å². The minimum Gasteiger partial charge on any atom is -0.496 e. The molecule has 0 amide bonds. The SMILES string of the molecule is COC(C(=O)OO[Si](C)(C)C)=C(OC)c1ccccc1OC. The number of methoxy groups -OCH3 is 3. The molecule has 6 nitrogen and oxygen atoms in total. The normalized spacial score (nSPS) is 12.3. The zero-order valence-electron chi connectivity index (χ0n) is 13.8. The lowest BCUT2D eigenvalue weighted by Crippen LogP contribution is -2.28. The Morgan fingerprint density at radius 2 is 1.64 bits per heavy atom. The molecule has 1 rings (SSSR count). The number of carbonyl (C=O) groups excluding carboxylic acids is 1. The number of rotatable bonds is 7. The van der Waals surface area contributed by atoms with Crippen LogP contribution in [0.3, 0.4) is 0 Å². The minimum atomic E-state index is -2.01. The molecule has 0 bridgehead atoms. The van der Waals surface area contributed by atoms with E-state index in [-0.39, 0.29) is 11.5 Å². The van der Waals surface area contributed by atoms with E-state index in [1.165, 1.54) is 21.3 Å². The van der Waals surface area contributed by atoms with Gasteiger partial charge in [-0.25, -0.2) is 9.37 Å². The summed E-state index contributed by atoms with van der Waals surface area (Å²) >= 11 is 0. The molecule has 0 spiro atoms. The number of carbonyl (C=O) groups is 1. The van der Waals surface area contributed by atoms with Crippen LogP contribution in [0.2, 0.25) is 19.6 Å². The van der Waals surface area contributed by atoms with Gasteiger partial charge in [0.25, 0.3) is 5.76 Å². The van der Waals surface area contributed by atoms with E-state index < -0.39 is 14.3 Å². The third kappa shape index (κ3) is 4.78. The minimum absolute atomic E-state index is 0.0924. The summed E-state index contributed by atoms with van der Waals surface area (Å²) in [6, 6.07) is 7.12. The van der Waals surface area contributed by atoms with E-state index in [0.717, 1.165) is 0 Å². The highest BCUT2D eigenvalue weighted by Gasteiger charge is 2.26. The quantitative estimate of drug-likeness (QED) is 0.252. The molecule has 1 aromatic rings. The molecular formula is C15H22O6Si. The molecule has 0 aliphatic heterocycles. The Morgan fingerprint density at radius 1 is 1.00 bits per heavy atom. The van der Waals surface area contributed by atoms with Gasteiger partial charge in [-0.1, -0.05) is 12.1 Å². The second-order valence-electron chi connectivity index (χ2n) is 5.33. The zero-order chi connectivity index (χ0) is 16.8. The van der Waals surface area contributed by atoms with E-state index in [1.54, 1.807) is 18.2 Å². The third-order valence-corrected chi connectivity index (χ3v) is 3.10. The first-order valence-corrected chi connectivity index (χ1v) is 10.1. The van der Waals surface area contributed by atoms with Crippen molar-refractivity contribution in [3.63, 3.8) is 0 Å². The number of para-hydroxylation sites is 1. The van der Waals surface area contributed by atoms with Crippen molar-refractivity contribution in [3.8, 4) is 5.75 Å². The van der Waals surface area contributed by atoms with Gasteiger partial charge in [0.2, 0.25) is 8.32 Å². The maximum atomic E-state index is 12.2. The summed E-state index contributed by atoms with van der Waals surface area (Å²) in [6.07, 6.45) is 0. The molecule has 0 atom stereocenters. The van der Waals surface area contributed by atoms with Crippen LogP contribution in [0.5, 0.6) is 5.75 Å². The second-order valence-corrected chi connectivity index (χ2v) is 9.72. The third-order valence-electron chi connectivity index (χ3n) is 2.52. The summed E-state index contributed by atoms with van der Waals surface area (Å²) in [7, 11) is 2.32. The maximum absolute atomic E-state index is 12.2. The first-order valence-electron chi connectivity index (χ1n) is 6.69. The molecule has 0 aliphatic rings. The number of hydrogen-bond donors (Lipinski definition) is 0. The van der Waals surface area contributed by atoms with Gasteiger partial charge >= 0.3 is 5.97 Å². The summed E-state index contributed by atoms with van der Waals surface area (Å²) in [5, 5.41) is 0. The van der Waals surface area contributed by atoms with Crippen LogP contribution in [0.15, 0.2) is 30.0 Å². The van der Waals surface area contributed by atoms with Gasteiger partial charge in [0.05, 0.1) is 26.9 Å². The lowest BCUT2D eigenvalue weighted by atomic mass is 10.1. The lowest BCUT2D eigenvalue weighted by molar-refractivity contribution is -0.217. The van der Waals surface area contributed by atoms with E-state index in [0.29, 0.717) is 11.3 Å². The van der Waals surface area contributed by atoms with Crippen molar-refractivity contribution in [1.29, 1.82) is 0 Å². The molecular weight excluding hydrogens is 304 g/mol. The predicted molar refractivity (Wildman–Crippen MR) is 84.5 cm³/mol. The monoisotopic (exact) mass is 326 g/mol. The van der Waals surface area contributed by atoms with Crippen LogP contribution in [-0.4, -0.2) is 35.6 Å². The number of benzene rings is 1. The van der Waals surface area contributed by atoms with Crippen LogP contribution in [0, 0.1) is 0 Å². The Balaban J connectivity index is 3.19. The van der Waals surface area contributed by atoms with Crippen LogP contribution >= 0.6 is 0 Å². The van der Waals surface area contributed by atoms with E-state index in [4.69, 9.17) is 23.7 Å². The smallest absolute Gasteiger partial charge is 0.409 e. The Morgan fingerprint density at radius 3 is 2.14 bits per heavy atom. The predicted octanol–water partition coefficient (Wildman–Crippen LogP) is 2.97. The molecule has 0 heterocycles. The molecule has 0 aliphatic carbocycles. The second kappa shape index (κ2) is 7.86. The zero-order valence-corrected chi connectivity index (χ0v) is 14.8. The van der Waals surface area contributed by atoms with Crippen LogP contribution < -0.4 is 4.74 Å². The van der Waals surface area contributed by atoms with Crippen LogP contribution in [-0.2, 0) is 23.7 Å². The molecule has 122 valence electrons. The summed E-state index contributed by atoms with van der Waals surface area (Å²) in [5.41, 5.74) is 0.578. The average Bonchev–Trinajstić information content (AvgIpc) is 2.49. The highest BCUT2D eigenvalue weighted by Crippen LogP contribution is 2.29. The van der Waals surface area contributed by atoms with E-state index in [1.807, 2.05) is 25.7 Å². The summed E-state index contributed by atoms with van der Waals surface area (Å²) < 4.78 is 20.9. The highest BCUT2D eigenvalue weighted by atomic mass is 28.4. The lowest BCUT2D eigenvalue weighted by Gasteiger charge is -2.17. The first kappa shape index (κ1) is 18.1. The fraction of sp³-hybridized carbons (Fsp3) is 0.400. The van der Waals surface area contributed by atoms with Crippen molar-refractivity contribution in [2.75, 3.05) is 21.3 Å². The van der Waals surface area contributed by atoms with E-state index >= 15 is 0 Å². The van der Waals surface area contributed by atoms with Crippen LogP contribution in [0.25, 0.3) is 5.76 Å². The summed E-state index contributed by atoms with van der Waals surface area (Å²) in [6.45, 7) is 5.69. The molecule has 0 fully saturated rings. The molecule has 1 aromatic carbocycles. The molecule has 0 unspecified atom stereocenters. The molecule has 0 aromatic heterocycles. The van der Waals surface area contributed by atoms with Gasteiger partial charge in [0.1, 0.15) is 5.75 Å². The Bertz CT molecular complexity index is 547. The molecule has 7 heteroatoms. The van der Waals surface area contributed by atoms with Crippen LogP contribution in [0.4, 0.5) is 0 Å². The van der Waals surface area contributed by atoms with Crippen molar-refractivity contribution in [2.45, 2.75) is 19.6 Å². The number of hydrogen-bond acceptors (Lipinski definition) is 6. The highest BCUT2D eigenvalue weighted by molar-refractivity contribution is 6.69. The molecule has 0 radical (unpaired) electrons. The van der Waals surface area contributed by atoms with Crippen molar-refractivity contribution >= 4 is 20.0 Å². The summed E-state index contributed by atoms with van der Waals surface area (Å²) in [5.74, 6) is -0.0881. The molecule has 0 saturated heterocycles. The van der Waals surface area contributed by atoms with Crippen molar-refractivity contribution < 1.29 is 28.5 Å². The van der Waals surface area contributed by atoms with Gasteiger partial charge in [-0.05, 0) is 31.8 Å². The molecule has 0 saturated carbocycles. The van der Waals surface area contributed by atoms with Gasteiger partial charge in [0.15, 0.2) is 5.76 Å². The van der Waals surface area contributed by atoms with E-state index in [2.05, 4.69) is 0 Å². The van der Waals surface area contributed by atoms with Crippen molar-refractivity contribution in [2.24, 2.45) is 0 Å². The standard InChI is InChI=1S/C15H22O6Si/c1-17-12-10-8-7-9-11(12)13(18-2)14(19-3)15(16)20-21-22(4,5)6/h7-10H,1-6H3. The fourth-order valence-corrected chi connectivity index (χ4v) is 1.95. The largest absolute Gasteiger partial charge is 0.496 e. The topological polar surface area (TPSA) is 63.2 Å². The molecule has 0 N–H and O–H groups in total. The van der Waals surface area contributed by atoms with Gasteiger partial charge < -0.3 is 19.1 Å². The van der Waals surface area contributed by atoms with Crippen molar-refractivity contribution in [3.05, 3.63) is 35.6 Å². The fourth-order valence-electron chi connectivity index (χ4n) is 1.63. The summed E-state index contributed by atoms with van der Waals surface area (Å²) in [4.78, 5) is 17.0. The van der Waals surface area contributed by atoms with Gasteiger partial charge in [-0.2, -0.15) is 0 Å². The average molecular weight is 326 g/mol. The molecule has 22 heavy (non-hydrogen) atoms. The number of ether oxygens (including phenoxy) is 3. The van der Waals surface area contributed by atoms with Crippen LogP contribution in [0.1, 0.15) is 5.56 Å². The van der Waals surface area contributed by atoms with Gasteiger partial charge in [0, 0.05) is 0 Å².